The van der Waals surface area contributed by atoms with Crippen molar-refractivity contribution in [1.29, 1.82) is 0 Å². The zero-order chi connectivity index (χ0) is 90.1. The number of amides is 7. The van der Waals surface area contributed by atoms with Crippen molar-refractivity contribution in [2.24, 2.45) is 23.1 Å². The number of ether oxygens (including phenoxy) is 8. The van der Waals surface area contributed by atoms with Crippen LogP contribution in [-0.2, 0) is 68.6 Å². The fourth-order valence-electron chi connectivity index (χ4n) is 16.4. The number of carboxylic acid groups (broad SMARTS) is 1. The summed E-state index contributed by atoms with van der Waals surface area (Å²) in [6.45, 7) is 11.0. The number of rotatable bonds is 28. The number of phenolic OH excluding ortho intramolecular Hbond substituents is 3. The number of carbonyl (C=O) groups is 8. The first-order chi connectivity index (χ1) is 58.8. The minimum Gasteiger partial charge on any atom is -0.507 e. The van der Waals surface area contributed by atoms with Crippen molar-refractivity contribution < 1.29 is 127 Å². The predicted molar refractivity (Wildman–Crippen MR) is 444 cm³/mol. The van der Waals surface area contributed by atoms with Crippen molar-refractivity contribution in [3.8, 4) is 57.1 Å². The van der Waals surface area contributed by atoms with Gasteiger partial charge in [0.15, 0.2) is 36.2 Å². The Balaban J connectivity index is 1.14. The largest absolute Gasteiger partial charge is 0.507 e. The molecule has 24 N–H and O–H groups in total. The Morgan fingerprint density at radius 1 is 0.653 bits per heavy atom. The van der Waals surface area contributed by atoms with Crippen LogP contribution in [0, 0.1) is 5.92 Å². The summed E-state index contributed by atoms with van der Waals surface area (Å²) >= 11 is 7.20. The number of unbranched alkanes of at least 4 members (excludes halogenated alkanes) is 9. The number of carboxylic acids is 1. The standard InChI is InChI=1S/C86H116ClN11O26/c1-9-10-11-12-13-14-15-16-17-18-27-92-37-49-54(101)33-48-62(69(49)104)47-29-43(21-25-53(47)100)63-79(111)98-67(82(114)96-65(48)83(115)116)72(122-60-35-85(6,89)75(107)40(4)117-60)42-19-23-46(24-20-42)119-56-31-45-32-57(73(56)124-84-74(71(106)70(105)58(38-99)121-84)123-61-36-86(7,90)76(108)41(5)118-61)120-55-26-22-44(30-50(55)87)68(103)66(97-77(109)51(91-8)28-39(2)3)81(113)93-52(34-59(88)102)78(110)94-64(45)80(112)95-63/h19-26,29-33,39-41,51-52,58,60-61,63-68,70-72,74-76,84,91-92,99-101,103-108H,9-18,27-28,34-38,89-90H2,1-8H3,(H2,88,102)(H,93,113)(H,94,110)(H,95,112)(H,96,114)(H,97,109)(H,98,111)(H,115,116)/t40-,41-,51?,52?,58+,60-,61-,63?,64?,65?,66?,67?,68?,70+,71-,72?,74+,75-,76-,84-,85-,86-/m0/s1. The van der Waals surface area contributed by atoms with Crippen LogP contribution in [0.2, 0.25) is 5.02 Å². The molecule has 13 rings (SSSR count). The van der Waals surface area contributed by atoms with Crippen LogP contribution in [-0.4, -0.2) is 222 Å². The number of aliphatic hydroxyl groups excluding tert-OH is 6. The van der Waals surface area contributed by atoms with Gasteiger partial charge in [-0.1, -0.05) is 114 Å². The number of aliphatic carboxylic acids is 1. The lowest BCUT2D eigenvalue weighted by molar-refractivity contribution is -0.333. The Morgan fingerprint density at radius 2 is 1.24 bits per heavy atom. The van der Waals surface area contributed by atoms with Crippen LogP contribution in [0.5, 0.6) is 46.0 Å². The third-order valence-corrected chi connectivity index (χ3v) is 23.7. The summed E-state index contributed by atoms with van der Waals surface area (Å²) in [7, 11) is 1.48. The second-order valence-electron chi connectivity index (χ2n) is 33.7. The topological polar surface area (TPSA) is 587 Å². The van der Waals surface area contributed by atoms with Gasteiger partial charge in [0.2, 0.25) is 53.4 Å². The molecule has 3 saturated heterocycles. The smallest absolute Gasteiger partial charge is 0.330 e. The highest BCUT2D eigenvalue weighted by Gasteiger charge is 2.53. The molecule has 0 aromatic heterocycles. The Hall–Kier alpha value is -9.65. The van der Waals surface area contributed by atoms with E-state index < -0.39 is 250 Å². The van der Waals surface area contributed by atoms with Gasteiger partial charge in [-0.25, -0.2) is 4.79 Å². The van der Waals surface area contributed by atoms with Gasteiger partial charge in [0.05, 0.1) is 54.1 Å². The third-order valence-electron chi connectivity index (χ3n) is 23.4. The SMILES string of the molecule is CCCCCCCCCCCCNCc1c(O)cc2c(c1O)-c1cc(ccc1O)C1NC(=O)C3NC(=O)C(CC(N)=O)NC(=O)C(NC(=O)C(CC(C)C)NC)C(O)c4ccc(c(Cl)c4)Oc4cc3cc(c4O[C@@H]3O[C@H](CO)[C@@H](O)[C@H](O)[C@H]3O[C@H]3C[C@](C)(N)[C@@H](O)[C@H](C)O3)Oc3ccc(cc3)C(O[C@H]3C[C@](C)(N)[C@@H](O)[C@H](C)O3)C(NC1=O)C(=O)NC2C(=O)O. The van der Waals surface area contributed by atoms with Gasteiger partial charge in [-0.05, 0) is 137 Å². The summed E-state index contributed by atoms with van der Waals surface area (Å²) in [5, 5.41) is 139. The molecule has 0 radical (unpaired) electrons. The Labute approximate surface area is 721 Å². The number of aliphatic hydroxyl groups is 6. The van der Waals surface area contributed by atoms with Gasteiger partial charge < -0.3 is 149 Å². The van der Waals surface area contributed by atoms with Crippen LogP contribution in [0.1, 0.15) is 202 Å². The lowest BCUT2D eigenvalue weighted by Gasteiger charge is -2.47. The second-order valence-corrected chi connectivity index (χ2v) is 34.2. The lowest BCUT2D eigenvalue weighted by Crippen LogP contribution is -2.64. The summed E-state index contributed by atoms with van der Waals surface area (Å²) in [5.41, 5.74) is 13.7. The van der Waals surface area contributed by atoms with E-state index in [4.69, 9.17) is 66.7 Å². The Kier molecular flexibility index (Phi) is 31.6. The van der Waals surface area contributed by atoms with E-state index in [1.807, 2.05) is 13.8 Å². The van der Waals surface area contributed by atoms with Gasteiger partial charge in [0.1, 0.15) is 89.5 Å². The molecule has 5 aromatic rings. The van der Waals surface area contributed by atoms with E-state index in [-0.39, 0.29) is 70.5 Å². The number of primary amides is 1. The summed E-state index contributed by atoms with van der Waals surface area (Å²) in [6.07, 6.45) is -12.0. The minimum atomic E-state index is -2.36. The van der Waals surface area contributed by atoms with E-state index >= 15 is 24.0 Å². The van der Waals surface area contributed by atoms with Gasteiger partial charge in [-0.15, -0.1) is 0 Å². The highest BCUT2D eigenvalue weighted by molar-refractivity contribution is 6.32. The highest BCUT2D eigenvalue weighted by Crippen LogP contribution is 2.51. The van der Waals surface area contributed by atoms with Crippen molar-refractivity contribution >= 4 is 58.9 Å². The number of nitrogens with two attached hydrogens (primary N) is 3. The maximum atomic E-state index is 16.6. The van der Waals surface area contributed by atoms with Crippen molar-refractivity contribution in [3.05, 3.63) is 117 Å². The van der Waals surface area contributed by atoms with Gasteiger partial charge in [-0.2, -0.15) is 0 Å². The molecule has 38 heteroatoms. The van der Waals surface area contributed by atoms with Crippen LogP contribution < -0.4 is 73.9 Å². The number of hydrogen-bond acceptors (Lipinski definition) is 29. The van der Waals surface area contributed by atoms with Crippen LogP contribution in [0.15, 0.2) is 78.9 Å². The maximum Gasteiger partial charge on any atom is 0.330 e. The van der Waals surface area contributed by atoms with Crippen molar-refractivity contribution in [2.45, 2.75) is 278 Å². The fraction of sp³-hybridized carbons (Fsp3) is 0.558. The number of halogens is 1. The van der Waals surface area contributed by atoms with Crippen LogP contribution in [0.4, 0.5) is 0 Å². The summed E-state index contributed by atoms with van der Waals surface area (Å²) in [4.78, 5) is 122. The number of benzene rings is 5. The predicted octanol–water partition coefficient (Wildman–Crippen LogP) is 3.70. The lowest BCUT2D eigenvalue weighted by atomic mass is 9.86. The zero-order valence-electron chi connectivity index (χ0n) is 70.3. The molecule has 22 atom stereocenters. The van der Waals surface area contributed by atoms with Gasteiger partial charge in [0.25, 0.3) is 0 Å². The molecular weight excluding hydrogens is 1640 g/mol. The molecule has 0 saturated carbocycles. The number of fused-ring (bicyclic) bond motifs is 15. The first-order valence-electron chi connectivity index (χ1n) is 41.9. The van der Waals surface area contributed by atoms with E-state index in [2.05, 4.69) is 49.5 Å². The molecule has 8 heterocycles. The van der Waals surface area contributed by atoms with Gasteiger partial charge in [-0.3, -0.25) is 33.6 Å². The van der Waals surface area contributed by atoms with Crippen molar-refractivity contribution in [2.75, 3.05) is 20.2 Å². The fourth-order valence-corrected chi connectivity index (χ4v) is 16.6. The maximum absolute atomic E-state index is 16.6. The summed E-state index contributed by atoms with van der Waals surface area (Å²) in [6, 6.07) is 1.01. The van der Waals surface area contributed by atoms with Crippen molar-refractivity contribution in [3.63, 3.8) is 0 Å². The molecule has 11 bridgehead atoms. The highest BCUT2D eigenvalue weighted by atomic mass is 35.5. The first-order valence-corrected chi connectivity index (χ1v) is 42.3. The van der Waals surface area contributed by atoms with Crippen LogP contribution >= 0.6 is 11.6 Å². The monoisotopic (exact) mass is 1750 g/mol. The molecule has 9 unspecified atom stereocenters. The number of carbonyl (C=O) groups excluding carboxylic acids is 7. The van der Waals surface area contributed by atoms with E-state index in [1.54, 1.807) is 0 Å². The molecule has 0 aliphatic carbocycles. The van der Waals surface area contributed by atoms with Crippen LogP contribution in [0.25, 0.3) is 11.1 Å². The van der Waals surface area contributed by atoms with Crippen molar-refractivity contribution in [1.82, 2.24) is 42.5 Å². The molecule has 678 valence electrons. The molecule has 124 heavy (non-hydrogen) atoms. The van der Waals surface area contributed by atoms with E-state index in [1.165, 1.54) is 90.4 Å². The molecule has 8 aliphatic rings. The quantitative estimate of drug-likeness (QED) is 0.0317. The second kappa shape index (κ2) is 41.2. The molecule has 8 aliphatic heterocycles. The van der Waals surface area contributed by atoms with Gasteiger partial charge in [0, 0.05) is 47.2 Å². The average Bonchev–Trinajstić information content (AvgIpc) is 0.749. The summed E-state index contributed by atoms with van der Waals surface area (Å²) in [5.74, 6) is -15.3. The number of aromatic hydroxyl groups is 3. The van der Waals surface area contributed by atoms with Gasteiger partial charge >= 0.3 is 5.97 Å². The number of hydrogen-bond donors (Lipinski definition) is 21. The number of likely N-dealkylation sites (N-methyl/N-ethyl adjacent to an activating group) is 1. The van der Waals surface area contributed by atoms with E-state index in [0.29, 0.717) is 13.0 Å². The number of nitrogens with one attached hydrogen (secondary N) is 8. The number of phenols is 3. The normalized spacial score (nSPS) is 30.0. The molecule has 5 aromatic carbocycles. The molecular formula is C86H116ClN11O26. The zero-order valence-corrected chi connectivity index (χ0v) is 71.0. The molecule has 7 amide bonds. The van der Waals surface area contributed by atoms with E-state index in [0.717, 1.165) is 81.0 Å². The minimum absolute atomic E-state index is 0.0374. The first kappa shape index (κ1) is 95.0. The van der Waals surface area contributed by atoms with Crippen LogP contribution in [0.3, 0.4) is 0 Å². The Morgan fingerprint density at radius 3 is 1.84 bits per heavy atom. The Bertz CT molecular complexity index is 4660. The molecule has 3 fully saturated rings. The average molecular weight is 1760 g/mol. The van der Waals surface area contributed by atoms with E-state index in [9.17, 15) is 65.4 Å². The molecule has 0 spiro atoms. The molecule has 37 nitrogen and oxygen atoms in total. The third kappa shape index (κ3) is 22.2. The summed E-state index contributed by atoms with van der Waals surface area (Å²) < 4.78 is 52.2.